The van der Waals surface area contributed by atoms with Crippen molar-refractivity contribution >= 4 is 49.9 Å². The van der Waals surface area contributed by atoms with Crippen molar-refractivity contribution in [1.29, 1.82) is 0 Å². The summed E-state index contributed by atoms with van der Waals surface area (Å²) in [5, 5.41) is 10.9. The van der Waals surface area contributed by atoms with Crippen LogP contribution >= 0.6 is 22.7 Å². The van der Waals surface area contributed by atoms with Gasteiger partial charge >= 0.3 is 5.97 Å². The van der Waals surface area contributed by atoms with E-state index < -0.39 is 11.9 Å². The number of imidazole rings is 1. The molecule has 3 aromatic rings. The normalized spacial score (nSPS) is 12.9. The molecule has 0 fully saturated rings. The van der Waals surface area contributed by atoms with Crippen LogP contribution < -0.4 is 0 Å². The van der Waals surface area contributed by atoms with Gasteiger partial charge in [-0.2, -0.15) is 0 Å². The highest BCUT2D eigenvalue weighted by Gasteiger charge is 2.21. The fraction of sp³-hybridized carbons (Fsp3) is 0.308. The standard InChI is InChI=1S/C13H13N3O3S2/c1-7(12(18)19)6-15(2)11(17)9-5-8-10(21-9)14-13-16(8)3-4-20-13/h3-5,7H,6H2,1-2H3,(H,18,19). The number of aliphatic carboxylic acids is 1. The number of thiazole rings is 1. The highest BCUT2D eigenvalue weighted by atomic mass is 32.1. The first-order valence-electron chi connectivity index (χ1n) is 6.30. The molecule has 0 bridgehead atoms. The van der Waals surface area contributed by atoms with E-state index in [2.05, 4.69) is 4.98 Å². The fourth-order valence-electron chi connectivity index (χ4n) is 2.11. The molecule has 3 heterocycles. The van der Waals surface area contributed by atoms with Crippen LogP contribution in [0.1, 0.15) is 16.6 Å². The number of nitrogens with zero attached hydrogens (tertiary/aromatic N) is 3. The van der Waals surface area contributed by atoms with Gasteiger partial charge in [0.15, 0.2) is 4.96 Å². The quantitative estimate of drug-likeness (QED) is 0.800. The summed E-state index contributed by atoms with van der Waals surface area (Å²) in [6.07, 6.45) is 1.92. The van der Waals surface area contributed by atoms with E-state index in [0.29, 0.717) is 4.88 Å². The van der Waals surface area contributed by atoms with E-state index in [4.69, 9.17) is 5.11 Å². The molecule has 8 heteroatoms. The summed E-state index contributed by atoms with van der Waals surface area (Å²) in [5.41, 5.74) is 0.916. The van der Waals surface area contributed by atoms with Gasteiger partial charge in [-0.3, -0.25) is 14.0 Å². The van der Waals surface area contributed by atoms with Gasteiger partial charge in [0.05, 0.1) is 16.3 Å². The van der Waals surface area contributed by atoms with Crippen LogP contribution in [0.2, 0.25) is 0 Å². The molecule has 1 atom stereocenters. The second kappa shape index (κ2) is 5.12. The van der Waals surface area contributed by atoms with Gasteiger partial charge in [-0.15, -0.1) is 22.7 Å². The molecule has 0 aliphatic heterocycles. The minimum absolute atomic E-state index is 0.171. The molecule has 110 valence electrons. The minimum Gasteiger partial charge on any atom is -0.481 e. The van der Waals surface area contributed by atoms with E-state index in [1.807, 2.05) is 22.0 Å². The SMILES string of the molecule is CC(CN(C)C(=O)c1cc2c(nc3sccn32)s1)C(=O)O. The van der Waals surface area contributed by atoms with Crippen LogP contribution in [-0.4, -0.2) is 44.9 Å². The number of thiophene rings is 1. The van der Waals surface area contributed by atoms with E-state index in [1.165, 1.54) is 16.2 Å². The van der Waals surface area contributed by atoms with Crippen molar-refractivity contribution in [2.75, 3.05) is 13.6 Å². The second-order valence-electron chi connectivity index (χ2n) is 4.89. The Morgan fingerprint density at radius 1 is 1.52 bits per heavy atom. The smallest absolute Gasteiger partial charge is 0.308 e. The molecule has 1 N–H and O–H groups in total. The number of hydrogen-bond acceptors (Lipinski definition) is 5. The molecule has 3 rings (SSSR count). The zero-order valence-electron chi connectivity index (χ0n) is 11.4. The monoisotopic (exact) mass is 323 g/mol. The van der Waals surface area contributed by atoms with Crippen LogP contribution in [0.5, 0.6) is 0 Å². The lowest BCUT2D eigenvalue weighted by Crippen LogP contribution is -2.33. The fourth-order valence-corrected chi connectivity index (χ4v) is 3.91. The van der Waals surface area contributed by atoms with Crippen molar-refractivity contribution in [3.05, 3.63) is 22.5 Å². The van der Waals surface area contributed by atoms with Crippen molar-refractivity contribution in [3.63, 3.8) is 0 Å². The van der Waals surface area contributed by atoms with Gasteiger partial charge in [0.25, 0.3) is 5.91 Å². The van der Waals surface area contributed by atoms with Gasteiger partial charge in [-0.1, -0.05) is 6.92 Å². The largest absolute Gasteiger partial charge is 0.481 e. The van der Waals surface area contributed by atoms with Crippen molar-refractivity contribution < 1.29 is 14.7 Å². The van der Waals surface area contributed by atoms with Crippen LogP contribution in [-0.2, 0) is 4.79 Å². The predicted octanol–water partition coefficient (Wildman–Crippen LogP) is 2.40. The van der Waals surface area contributed by atoms with Crippen molar-refractivity contribution in [3.8, 4) is 0 Å². The maximum Gasteiger partial charge on any atom is 0.308 e. The molecule has 21 heavy (non-hydrogen) atoms. The molecule has 1 amide bonds. The van der Waals surface area contributed by atoms with E-state index in [-0.39, 0.29) is 12.5 Å². The number of aromatic nitrogens is 2. The molecule has 0 saturated heterocycles. The molecule has 0 radical (unpaired) electrons. The molecule has 0 spiro atoms. The van der Waals surface area contributed by atoms with Crippen LogP contribution in [0.15, 0.2) is 17.6 Å². The van der Waals surface area contributed by atoms with Crippen LogP contribution in [0, 0.1) is 5.92 Å². The molecule has 0 aliphatic rings. The number of rotatable bonds is 4. The molecule has 0 aliphatic carbocycles. The Bertz CT molecular complexity index is 832. The molecular weight excluding hydrogens is 310 g/mol. The summed E-state index contributed by atoms with van der Waals surface area (Å²) >= 11 is 2.88. The number of carbonyl (C=O) groups excluding carboxylic acids is 1. The lowest BCUT2D eigenvalue weighted by molar-refractivity contribution is -0.141. The maximum absolute atomic E-state index is 12.4. The molecule has 0 saturated carbocycles. The van der Waals surface area contributed by atoms with Gasteiger partial charge in [0.1, 0.15) is 4.83 Å². The first-order chi connectivity index (χ1) is 9.97. The Hall–Kier alpha value is -1.93. The summed E-state index contributed by atoms with van der Waals surface area (Å²) in [7, 11) is 1.62. The molecular formula is C13H13N3O3S2. The van der Waals surface area contributed by atoms with E-state index in [9.17, 15) is 9.59 Å². The lowest BCUT2D eigenvalue weighted by Gasteiger charge is -2.18. The Balaban J connectivity index is 1.86. The summed E-state index contributed by atoms with van der Waals surface area (Å²) < 4.78 is 1.95. The van der Waals surface area contributed by atoms with Crippen molar-refractivity contribution in [1.82, 2.24) is 14.3 Å². The number of carboxylic acid groups (broad SMARTS) is 1. The topological polar surface area (TPSA) is 74.9 Å². The van der Waals surface area contributed by atoms with E-state index in [1.54, 1.807) is 25.3 Å². The number of carboxylic acids is 1. The third kappa shape index (κ3) is 2.40. The first-order valence-corrected chi connectivity index (χ1v) is 8.00. The van der Waals surface area contributed by atoms with Gasteiger partial charge < -0.3 is 10.0 Å². The molecule has 6 nitrogen and oxygen atoms in total. The average Bonchev–Trinajstić information content (AvgIpc) is 3.08. The third-order valence-corrected chi connectivity index (χ3v) is 5.03. The van der Waals surface area contributed by atoms with Crippen molar-refractivity contribution in [2.45, 2.75) is 6.92 Å². The zero-order valence-corrected chi connectivity index (χ0v) is 13.1. The third-order valence-electron chi connectivity index (χ3n) is 3.27. The Morgan fingerprint density at radius 2 is 2.29 bits per heavy atom. The van der Waals surface area contributed by atoms with Gasteiger partial charge in [0.2, 0.25) is 0 Å². The van der Waals surface area contributed by atoms with Gasteiger partial charge in [-0.05, 0) is 6.07 Å². The predicted molar refractivity (Wildman–Crippen MR) is 82.2 cm³/mol. The maximum atomic E-state index is 12.4. The van der Waals surface area contributed by atoms with Crippen LogP contribution in [0.25, 0.3) is 15.3 Å². The Morgan fingerprint density at radius 3 is 3.00 bits per heavy atom. The van der Waals surface area contributed by atoms with Gasteiger partial charge in [-0.25, -0.2) is 4.98 Å². The average molecular weight is 323 g/mol. The summed E-state index contributed by atoms with van der Waals surface area (Å²) in [6.45, 7) is 1.77. The molecule has 1 unspecified atom stereocenters. The van der Waals surface area contributed by atoms with Crippen molar-refractivity contribution in [2.24, 2.45) is 5.92 Å². The van der Waals surface area contributed by atoms with Gasteiger partial charge in [0, 0.05) is 25.2 Å². The first kappa shape index (κ1) is 14.0. The number of fused-ring (bicyclic) bond motifs is 3. The minimum atomic E-state index is -0.906. The lowest BCUT2D eigenvalue weighted by atomic mass is 10.2. The summed E-state index contributed by atoms with van der Waals surface area (Å²) in [6, 6.07) is 1.82. The highest BCUT2D eigenvalue weighted by Crippen LogP contribution is 2.28. The van der Waals surface area contributed by atoms with E-state index >= 15 is 0 Å². The Kier molecular flexibility index (Phi) is 3.42. The zero-order chi connectivity index (χ0) is 15.1. The molecule has 0 aromatic carbocycles. The van der Waals surface area contributed by atoms with E-state index in [0.717, 1.165) is 15.3 Å². The van der Waals surface area contributed by atoms with Crippen LogP contribution in [0.4, 0.5) is 0 Å². The summed E-state index contributed by atoms with van der Waals surface area (Å²) in [5.74, 6) is -1.67. The number of carbonyl (C=O) groups is 2. The van der Waals surface area contributed by atoms with Crippen LogP contribution in [0.3, 0.4) is 0 Å². The number of hydrogen-bond donors (Lipinski definition) is 1. The summed E-state index contributed by atoms with van der Waals surface area (Å²) in [4.78, 5) is 31.4. The Labute approximate surface area is 128 Å². The second-order valence-corrected chi connectivity index (χ2v) is 6.80. The highest BCUT2D eigenvalue weighted by molar-refractivity contribution is 7.21. The molecule has 3 aromatic heterocycles. The number of amides is 1.